The summed E-state index contributed by atoms with van der Waals surface area (Å²) in [6.07, 6.45) is 1.48. The zero-order valence-electron chi connectivity index (χ0n) is 13.8. The molecule has 1 aromatic carbocycles. The third kappa shape index (κ3) is 2.90. The highest BCUT2D eigenvalue weighted by Gasteiger charge is 2.23. The van der Waals surface area contributed by atoms with Gasteiger partial charge in [-0.2, -0.15) is 0 Å². The molecule has 4 rings (SSSR count). The molecule has 3 aromatic rings. The SMILES string of the molecule is CC(N1CCOCC1)n1c(=O)[nH]c2ncc(-c3ccc(O)cc3)nc21. The lowest BCUT2D eigenvalue weighted by molar-refractivity contribution is 0.00378. The highest BCUT2D eigenvalue weighted by molar-refractivity contribution is 5.71. The molecule has 0 bridgehead atoms. The van der Waals surface area contributed by atoms with E-state index in [0.717, 1.165) is 18.7 Å². The van der Waals surface area contributed by atoms with Gasteiger partial charge in [-0.05, 0) is 31.2 Å². The predicted molar refractivity (Wildman–Crippen MR) is 92.4 cm³/mol. The van der Waals surface area contributed by atoms with Gasteiger partial charge in [-0.1, -0.05) is 0 Å². The summed E-state index contributed by atoms with van der Waals surface area (Å²) in [4.78, 5) is 26.4. The van der Waals surface area contributed by atoms with E-state index in [9.17, 15) is 9.90 Å². The van der Waals surface area contributed by atoms with Crippen molar-refractivity contribution in [3.05, 3.63) is 40.9 Å². The van der Waals surface area contributed by atoms with Gasteiger partial charge in [-0.25, -0.2) is 14.8 Å². The largest absolute Gasteiger partial charge is 0.508 e. The number of aromatic hydroxyl groups is 1. The molecule has 0 spiro atoms. The molecule has 25 heavy (non-hydrogen) atoms. The first-order chi connectivity index (χ1) is 12.1. The number of morpholine rings is 1. The van der Waals surface area contributed by atoms with Crippen LogP contribution in [0.15, 0.2) is 35.3 Å². The van der Waals surface area contributed by atoms with Crippen LogP contribution in [-0.2, 0) is 4.74 Å². The average Bonchev–Trinajstić information content (AvgIpc) is 2.97. The Kier molecular flexibility index (Phi) is 3.98. The van der Waals surface area contributed by atoms with Crippen LogP contribution in [-0.4, -0.2) is 55.8 Å². The number of rotatable bonds is 3. The number of phenolic OH excluding ortho intramolecular Hbond substituents is 1. The highest BCUT2D eigenvalue weighted by Crippen LogP contribution is 2.22. The maximum Gasteiger partial charge on any atom is 0.330 e. The van der Waals surface area contributed by atoms with Gasteiger partial charge in [0.15, 0.2) is 11.3 Å². The van der Waals surface area contributed by atoms with E-state index in [1.807, 2.05) is 6.92 Å². The monoisotopic (exact) mass is 341 g/mol. The van der Waals surface area contributed by atoms with Crippen molar-refractivity contribution in [3.63, 3.8) is 0 Å². The summed E-state index contributed by atoms with van der Waals surface area (Å²) < 4.78 is 7.02. The number of aromatic nitrogens is 4. The van der Waals surface area contributed by atoms with Gasteiger partial charge >= 0.3 is 5.69 Å². The average molecular weight is 341 g/mol. The highest BCUT2D eigenvalue weighted by atomic mass is 16.5. The Labute approximate surface area is 143 Å². The van der Waals surface area contributed by atoms with Gasteiger partial charge in [-0.15, -0.1) is 0 Å². The van der Waals surface area contributed by atoms with Crippen molar-refractivity contribution >= 4 is 11.3 Å². The minimum atomic E-state index is -0.225. The van der Waals surface area contributed by atoms with Gasteiger partial charge < -0.3 is 9.84 Å². The second-order valence-electron chi connectivity index (χ2n) is 6.05. The van der Waals surface area contributed by atoms with Crippen LogP contribution in [0.4, 0.5) is 0 Å². The van der Waals surface area contributed by atoms with Crippen molar-refractivity contribution in [1.29, 1.82) is 0 Å². The first-order valence-electron chi connectivity index (χ1n) is 8.22. The molecule has 0 radical (unpaired) electrons. The van der Waals surface area contributed by atoms with Crippen LogP contribution in [0.1, 0.15) is 13.1 Å². The van der Waals surface area contributed by atoms with Gasteiger partial charge in [0.25, 0.3) is 0 Å². The van der Waals surface area contributed by atoms with E-state index in [2.05, 4.69) is 19.9 Å². The van der Waals surface area contributed by atoms with Gasteiger partial charge in [0.05, 0.1) is 31.3 Å². The maximum atomic E-state index is 12.5. The van der Waals surface area contributed by atoms with Crippen LogP contribution in [0, 0.1) is 0 Å². The summed E-state index contributed by atoms with van der Waals surface area (Å²) >= 11 is 0. The molecule has 130 valence electrons. The lowest BCUT2D eigenvalue weighted by Crippen LogP contribution is -2.42. The van der Waals surface area contributed by atoms with Gasteiger partial charge in [0.1, 0.15) is 5.75 Å². The van der Waals surface area contributed by atoms with Crippen LogP contribution in [0.25, 0.3) is 22.6 Å². The third-order valence-corrected chi connectivity index (χ3v) is 4.54. The number of benzene rings is 1. The Morgan fingerprint density at radius 2 is 1.96 bits per heavy atom. The molecule has 1 atom stereocenters. The lowest BCUT2D eigenvalue weighted by atomic mass is 10.1. The zero-order chi connectivity index (χ0) is 17.4. The van der Waals surface area contributed by atoms with E-state index in [1.54, 1.807) is 35.0 Å². The smallest absolute Gasteiger partial charge is 0.330 e. The Bertz CT molecular complexity index is 941. The molecule has 0 aliphatic carbocycles. The second-order valence-corrected chi connectivity index (χ2v) is 6.05. The van der Waals surface area contributed by atoms with Gasteiger partial charge in [-0.3, -0.25) is 14.5 Å². The molecule has 0 saturated carbocycles. The summed E-state index contributed by atoms with van der Waals surface area (Å²) in [5, 5.41) is 9.44. The van der Waals surface area contributed by atoms with Gasteiger partial charge in [0, 0.05) is 18.7 Å². The molecule has 8 heteroatoms. The van der Waals surface area contributed by atoms with E-state index in [1.165, 1.54) is 0 Å². The maximum absolute atomic E-state index is 12.5. The van der Waals surface area contributed by atoms with E-state index in [4.69, 9.17) is 4.74 Å². The molecule has 1 saturated heterocycles. The fourth-order valence-corrected chi connectivity index (χ4v) is 3.13. The molecule has 1 aliphatic heterocycles. The first-order valence-corrected chi connectivity index (χ1v) is 8.22. The van der Waals surface area contributed by atoms with Crippen molar-refractivity contribution in [2.75, 3.05) is 26.3 Å². The number of fused-ring (bicyclic) bond motifs is 1. The molecule has 2 N–H and O–H groups in total. The number of hydrogen-bond donors (Lipinski definition) is 2. The molecular formula is C17H19N5O3. The van der Waals surface area contributed by atoms with E-state index in [0.29, 0.717) is 30.2 Å². The number of phenols is 1. The Balaban J connectivity index is 1.78. The van der Waals surface area contributed by atoms with E-state index >= 15 is 0 Å². The number of aromatic amines is 1. The topological polar surface area (TPSA) is 96.3 Å². The summed E-state index contributed by atoms with van der Waals surface area (Å²) in [6.45, 7) is 4.84. The fourth-order valence-electron chi connectivity index (χ4n) is 3.13. The number of hydrogen-bond acceptors (Lipinski definition) is 6. The molecular weight excluding hydrogens is 322 g/mol. The molecule has 2 aromatic heterocycles. The number of ether oxygens (including phenoxy) is 1. The van der Waals surface area contributed by atoms with E-state index in [-0.39, 0.29) is 17.6 Å². The molecule has 8 nitrogen and oxygen atoms in total. The van der Waals surface area contributed by atoms with Crippen LogP contribution in [0.5, 0.6) is 5.75 Å². The van der Waals surface area contributed by atoms with Crippen molar-refractivity contribution in [2.45, 2.75) is 13.1 Å². The summed E-state index contributed by atoms with van der Waals surface area (Å²) in [6, 6.07) is 6.74. The second kappa shape index (κ2) is 6.30. The molecule has 1 fully saturated rings. The molecule has 1 unspecified atom stereocenters. The molecule has 0 amide bonds. The van der Waals surface area contributed by atoms with Crippen LogP contribution >= 0.6 is 0 Å². The summed E-state index contributed by atoms with van der Waals surface area (Å²) in [5.41, 5.74) is 2.24. The van der Waals surface area contributed by atoms with Crippen molar-refractivity contribution in [3.8, 4) is 17.0 Å². The lowest BCUT2D eigenvalue weighted by Gasteiger charge is -2.32. The van der Waals surface area contributed by atoms with Crippen LogP contribution in [0.2, 0.25) is 0 Å². The third-order valence-electron chi connectivity index (χ3n) is 4.54. The quantitative estimate of drug-likeness (QED) is 0.746. The van der Waals surface area contributed by atoms with Gasteiger partial charge in [0.2, 0.25) is 0 Å². The van der Waals surface area contributed by atoms with E-state index < -0.39 is 0 Å². The number of H-pyrrole nitrogens is 1. The fraction of sp³-hybridized carbons (Fsp3) is 0.353. The molecule has 3 heterocycles. The van der Waals surface area contributed by atoms with Crippen LogP contribution < -0.4 is 5.69 Å². The van der Waals surface area contributed by atoms with Crippen molar-refractivity contribution in [1.82, 2.24) is 24.4 Å². The Hall–Kier alpha value is -2.71. The van der Waals surface area contributed by atoms with Crippen LogP contribution in [0.3, 0.4) is 0 Å². The normalized spacial score (nSPS) is 17.0. The van der Waals surface area contributed by atoms with Crippen molar-refractivity contribution < 1.29 is 9.84 Å². The zero-order valence-corrected chi connectivity index (χ0v) is 13.8. The number of nitrogens with one attached hydrogen (secondary N) is 1. The summed E-state index contributed by atoms with van der Waals surface area (Å²) in [7, 11) is 0. The minimum Gasteiger partial charge on any atom is -0.508 e. The van der Waals surface area contributed by atoms with Crippen molar-refractivity contribution in [2.24, 2.45) is 0 Å². The number of imidazole rings is 1. The minimum absolute atomic E-state index is 0.144. The Morgan fingerprint density at radius 1 is 1.24 bits per heavy atom. The summed E-state index contributed by atoms with van der Waals surface area (Å²) in [5.74, 6) is 0.192. The predicted octanol–water partition coefficient (Wildman–Crippen LogP) is 1.34. The Morgan fingerprint density at radius 3 is 2.68 bits per heavy atom. The molecule has 1 aliphatic rings. The standard InChI is InChI=1S/C17H19N5O3/c1-11(21-6-8-25-9-7-21)22-16-15(20-17(22)24)18-10-14(19-16)12-2-4-13(23)5-3-12/h2-5,10-11,23H,6-9H2,1H3,(H,18,20,24). The number of nitrogens with zero attached hydrogens (tertiary/aromatic N) is 4. The first kappa shape index (κ1) is 15.8.